The van der Waals surface area contributed by atoms with Gasteiger partial charge in [-0.3, -0.25) is 9.48 Å². The van der Waals surface area contributed by atoms with Crippen LogP contribution in [0.15, 0.2) is 59.7 Å². The fourth-order valence-corrected chi connectivity index (χ4v) is 4.13. The average molecular weight is 458 g/mol. The Labute approximate surface area is 200 Å². The molecule has 1 aliphatic heterocycles. The molecule has 0 bridgehead atoms. The summed E-state index contributed by atoms with van der Waals surface area (Å²) in [6.45, 7) is 7.50. The lowest BCUT2D eigenvalue weighted by molar-refractivity contribution is 0.0966. The molecule has 0 aliphatic carbocycles. The maximum Gasteiger partial charge on any atom is 0.257 e. The van der Waals surface area contributed by atoms with Crippen LogP contribution in [0.3, 0.4) is 0 Å². The fourth-order valence-electron chi connectivity index (χ4n) is 4.13. The van der Waals surface area contributed by atoms with Gasteiger partial charge in [0.05, 0.1) is 6.20 Å². The lowest BCUT2D eigenvalue weighted by atomic mass is 10.0. The van der Waals surface area contributed by atoms with Crippen LogP contribution >= 0.6 is 0 Å². The molecule has 1 aliphatic rings. The monoisotopic (exact) mass is 457 g/mol. The molecule has 3 aromatic rings. The number of nitrogens with one attached hydrogen (secondary N) is 2. The van der Waals surface area contributed by atoms with Gasteiger partial charge in [-0.1, -0.05) is 12.1 Å². The second-order valence-corrected chi connectivity index (χ2v) is 8.57. The van der Waals surface area contributed by atoms with Crippen molar-refractivity contribution in [1.29, 1.82) is 0 Å². The Bertz CT molecular complexity index is 1210. The first-order valence-corrected chi connectivity index (χ1v) is 11.4. The summed E-state index contributed by atoms with van der Waals surface area (Å²) in [6.07, 6.45) is 9.42. The molecule has 4 rings (SSSR count). The van der Waals surface area contributed by atoms with E-state index in [9.17, 15) is 4.79 Å². The highest BCUT2D eigenvalue weighted by Gasteiger charge is 2.19. The van der Waals surface area contributed by atoms with Crippen molar-refractivity contribution < 1.29 is 4.79 Å². The normalized spacial score (nSPS) is 14.8. The topological polar surface area (TPSA) is 87.4 Å². The third-order valence-electron chi connectivity index (χ3n) is 6.26. The molecule has 0 saturated carbocycles. The first-order valence-electron chi connectivity index (χ1n) is 11.4. The number of nitrogens with zero attached hydrogens (tertiary/aromatic N) is 5. The number of pyridine rings is 1. The van der Waals surface area contributed by atoms with Crippen LogP contribution in [0.1, 0.15) is 34.3 Å². The van der Waals surface area contributed by atoms with Crippen LogP contribution in [0.2, 0.25) is 0 Å². The first-order chi connectivity index (χ1) is 16.5. The highest BCUT2D eigenvalue weighted by Crippen LogP contribution is 2.24. The standard InChI is InChI=1S/C26H31N7O/c1-18-5-6-19(22-16-30-32(4)17-22)13-21(18)14-24(28-3)31-26(34)20-7-10-29-25(15-20)33-11-8-23(27-2)9-12-33/h5-7,10,13-17,23,27H,3,8-9,11-12H2,1-2,4H3,(H,31,34)/b24-14+. The van der Waals surface area contributed by atoms with Gasteiger partial charge < -0.3 is 15.5 Å². The molecule has 0 radical (unpaired) electrons. The number of carbonyl (C=O) groups is 1. The molecule has 2 aromatic heterocycles. The molecule has 1 amide bonds. The van der Waals surface area contributed by atoms with Crippen molar-refractivity contribution in [2.24, 2.45) is 12.0 Å². The maximum absolute atomic E-state index is 13.0. The number of carbonyl (C=O) groups excluding carboxylic acids is 1. The van der Waals surface area contributed by atoms with E-state index in [4.69, 9.17) is 0 Å². The van der Waals surface area contributed by atoms with Gasteiger partial charge in [0, 0.05) is 49.7 Å². The third-order valence-corrected chi connectivity index (χ3v) is 6.26. The molecule has 8 nitrogen and oxygen atoms in total. The fraction of sp³-hybridized carbons (Fsp3) is 0.308. The summed E-state index contributed by atoms with van der Waals surface area (Å²) in [7, 11) is 3.89. The number of hydrogen-bond donors (Lipinski definition) is 2. The molecular formula is C26H31N7O. The molecule has 1 saturated heterocycles. The Hall–Kier alpha value is -3.78. The quantitative estimate of drug-likeness (QED) is 0.531. The van der Waals surface area contributed by atoms with E-state index < -0.39 is 0 Å². The number of amides is 1. The van der Waals surface area contributed by atoms with Crippen LogP contribution < -0.4 is 15.5 Å². The Balaban J connectivity index is 1.51. The number of aryl methyl sites for hydroxylation is 2. The van der Waals surface area contributed by atoms with Gasteiger partial charge in [-0.2, -0.15) is 5.10 Å². The Morgan fingerprint density at radius 1 is 1.21 bits per heavy atom. The minimum atomic E-state index is -0.242. The predicted molar refractivity (Wildman–Crippen MR) is 137 cm³/mol. The largest absolute Gasteiger partial charge is 0.356 e. The summed E-state index contributed by atoms with van der Waals surface area (Å²) in [5, 5.41) is 10.5. The van der Waals surface area contributed by atoms with Crippen molar-refractivity contribution in [1.82, 2.24) is 25.4 Å². The van der Waals surface area contributed by atoms with Crippen LogP contribution in [-0.4, -0.2) is 53.6 Å². The molecular weight excluding hydrogens is 426 g/mol. The smallest absolute Gasteiger partial charge is 0.257 e. The van der Waals surface area contributed by atoms with Crippen LogP contribution in [0.4, 0.5) is 5.82 Å². The predicted octanol–water partition coefficient (Wildman–Crippen LogP) is 3.41. The van der Waals surface area contributed by atoms with Gasteiger partial charge in [0.25, 0.3) is 5.91 Å². The van der Waals surface area contributed by atoms with Crippen LogP contribution in [0, 0.1) is 6.92 Å². The molecule has 0 spiro atoms. The maximum atomic E-state index is 13.0. The lowest BCUT2D eigenvalue weighted by Gasteiger charge is -2.32. The van der Waals surface area contributed by atoms with E-state index in [1.54, 1.807) is 16.9 Å². The van der Waals surface area contributed by atoms with E-state index in [0.717, 1.165) is 54.0 Å². The highest BCUT2D eigenvalue weighted by molar-refractivity contribution is 5.96. The molecule has 0 unspecified atom stereocenters. The summed E-state index contributed by atoms with van der Waals surface area (Å²) in [5.74, 6) is 0.970. The molecule has 2 N–H and O–H groups in total. The number of anilines is 1. The first kappa shape index (κ1) is 23.4. The average Bonchev–Trinajstić information content (AvgIpc) is 3.31. The molecule has 34 heavy (non-hydrogen) atoms. The Morgan fingerprint density at radius 3 is 2.68 bits per heavy atom. The molecule has 3 heterocycles. The van der Waals surface area contributed by atoms with Crippen molar-refractivity contribution in [3.63, 3.8) is 0 Å². The van der Waals surface area contributed by atoms with Gasteiger partial charge in [0.15, 0.2) is 0 Å². The highest BCUT2D eigenvalue weighted by atomic mass is 16.1. The Kier molecular flexibility index (Phi) is 7.18. The van der Waals surface area contributed by atoms with Crippen molar-refractivity contribution in [2.75, 3.05) is 25.0 Å². The van der Waals surface area contributed by atoms with E-state index in [1.165, 1.54) is 0 Å². The van der Waals surface area contributed by atoms with E-state index in [2.05, 4.69) is 49.5 Å². The van der Waals surface area contributed by atoms with Crippen LogP contribution in [0.5, 0.6) is 0 Å². The molecule has 1 fully saturated rings. The molecule has 1 aromatic carbocycles. The van der Waals surface area contributed by atoms with Gasteiger partial charge in [0.2, 0.25) is 0 Å². The summed E-state index contributed by atoms with van der Waals surface area (Å²) < 4.78 is 1.77. The Morgan fingerprint density at radius 2 is 2.00 bits per heavy atom. The van der Waals surface area contributed by atoms with Crippen molar-refractivity contribution in [3.8, 4) is 11.1 Å². The number of rotatable bonds is 7. The number of aromatic nitrogens is 3. The van der Waals surface area contributed by atoms with Gasteiger partial charge in [0.1, 0.15) is 11.6 Å². The van der Waals surface area contributed by atoms with Gasteiger partial charge in [-0.15, -0.1) is 0 Å². The summed E-state index contributed by atoms with van der Waals surface area (Å²) in [4.78, 5) is 23.8. The number of hydrogen-bond acceptors (Lipinski definition) is 6. The number of piperidine rings is 1. The minimum absolute atomic E-state index is 0.242. The van der Waals surface area contributed by atoms with Crippen molar-refractivity contribution in [3.05, 3.63) is 71.4 Å². The second kappa shape index (κ2) is 10.4. The van der Waals surface area contributed by atoms with Crippen LogP contribution in [-0.2, 0) is 7.05 Å². The third kappa shape index (κ3) is 5.40. The van der Waals surface area contributed by atoms with Gasteiger partial charge >= 0.3 is 0 Å². The lowest BCUT2D eigenvalue weighted by Crippen LogP contribution is -2.41. The van der Waals surface area contributed by atoms with E-state index in [0.29, 0.717) is 17.4 Å². The number of aliphatic imine (C=N–C) groups is 1. The van der Waals surface area contributed by atoms with Gasteiger partial charge in [-0.25, -0.2) is 9.98 Å². The molecule has 8 heteroatoms. The van der Waals surface area contributed by atoms with E-state index in [1.807, 2.05) is 51.6 Å². The summed E-state index contributed by atoms with van der Waals surface area (Å²) in [6, 6.07) is 10.3. The van der Waals surface area contributed by atoms with Crippen LogP contribution in [0.25, 0.3) is 17.2 Å². The molecule has 0 atom stereocenters. The van der Waals surface area contributed by atoms with E-state index >= 15 is 0 Å². The summed E-state index contributed by atoms with van der Waals surface area (Å²) in [5.41, 5.74) is 4.63. The second-order valence-electron chi connectivity index (χ2n) is 8.57. The zero-order valence-electron chi connectivity index (χ0n) is 20.0. The zero-order valence-corrected chi connectivity index (χ0v) is 20.0. The zero-order chi connectivity index (χ0) is 24.1. The van der Waals surface area contributed by atoms with E-state index in [-0.39, 0.29) is 5.91 Å². The van der Waals surface area contributed by atoms with Crippen molar-refractivity contribution >= 4 is 24.5 Å². The summed E-state index contributed by atoms with van der Waals surface area (Å²) >= 11 is 0. The van der Waals surface area contributed by atoms with Gasteiger partial charge in [-0.05, 0) is 74.5 Å². The van der Waals surface area contributed by atoms with Crippen molar-refractivity contribution in [2.45, 2.75) is 25.8 Å². The molecule has 176 valence electrons. The number of benzene rings is 1. The minimum Gasteiger partial charge on any atom is -0.356 e. The SMILES string of the molecule is C=N/C(=C\c1cc(-c2cnn(C)c2)ccc1C)NC(=O)c1ccnc(N2CCC(NC)CC2)c1.